The van der Waals surface area contributed by atoms with Gasteiger partial charge in [0.05, 0.1) is 5.75 Å². The molecular weight excluding hydrogens is 429 g/mol. The number of amides is 3. The van der Waals surface area contributed by atoms with Crippen LogP contribution in [0.1, 0.15) is 40.7 Å². The molecule has 3 aliphatic rings. The van der Waals surface area contributed by atoms with Crippen molar-refractivity contribution in [1.29, 1.82) is 0 Å². The van der Waals surface area contributed by atoms with E-state index in [4.69, 9.17) is 4.55 Å². The molecule has 168 valence electrons. The number of rotatable bonds is 5. The number of nitrogens with zero attached hydrogens (tertiary/aromatic N) is 2. The minimum absolute atomic E-state index is 0.0364. The van der Waals surface area contributed by atoms with Crippen molar-refractivity contribution in [3.8, 4) is 0 Å². The van der Waals surface area contributed by atoms with Crippen molar-refractivity contribution in [2.75, 3.05) is 18.8 Å². The second-order valence-corrected chi connectivity index (χ2v) is 9.89. The Hall–Kier alpha value is -2.37. The maximum absolute atomic E-state index is 14.5. The largest absolute Gasteiger partial charge is 0.322 e. The van der Waals surface area contributed by atoms with E-state index in [2.05, 4.69) is 5.32 Å². The zero-order chi connectivity index (χ0) is 22.3. The molecule has 0 aromatic heterocycles. The number of halogens is 1. The second-order valence-electron chi connectivity index (χ2n) is 8.39. The van der Waals surface area contributed by atoms with E-state index >= 15 is 0 Å². The van der Waals surface area contributed by atoms with Crippen molar-refractivity contribution in [3.05, 3.63) is 34.9 Å². The van der Waals surface area contributed by atoms with Gasteiger partial charge in [0, 0.05) is 37.5 Å². The molecule has 3 aliphatic heterocycles. The van der Waals surface area contributed by atoms with E-state index in [9.17, 15) is 27.2 Å². The van der Waals surface area contributed by atoms with E-state index in [0.717, 1.165) is 11.1 Å². The molecule has 31 heavy (non-hydrogen) atoms. The van der Waals surface area contributed by atoms with Gasteiger partial charge in [0.1, 0.15) is 12.2 Å². The van der Waals surface area contributed by atoms with Crippen LogP contribution in [-0.2, 0) is 32.8 Å². The van der Waals surface area contributed by atoms with Crippen molar-refractivity contribution in [1.82, 2.24) is 15.1 Å². The maximum atomic E-state index is 14.5. The first-order valence-electron chi connectivity index (χ1n) is 10.2. The van der Waals surface area contributed by atoms with E-state index < -0.39 is 39.9 Å². The smallest absolute Gasteiger partial charge is 0.265 e. The quantitative estimate of drug-likeness (QED) is 0.491. The number of carbonyl (C=O) groups is 3. The summed E-state index contributed by atoms with van der Waals surface area (Å²) in [6, 6.07) is 4.61. The summed E-state index contributed by atoms with van der Waals surface area (Å²) in [5.41, 5.74) is 2.13. The van der Waals surface area contributed by atoms with Crippen LogP contribution in [-0.4, -0.2) is 71.5 Å². The van der Waals surface area contributed by atoms with E-state index in [1.54, 1.807) is 12.1 Å². The van der Waals surface area contributed by atoms with Gasteiger partial charge in [0.25, 0.3) is 16.0 Å². The normalized spacial score (nSPS) is 27.4. The minimum atomic E-state index is -4.23. The second kappa shape index (κ2) is 8.29. The first-order valence-corrected chi connectivity index (χ1v) is 11.8. The van der Waals surface area contributed by atoms with Crippen LogP contribution in [0.2, 0.25) is 0 Å². The average Bonchev–Trinajstić information content (AvgIpc) is 3.01. The number of imide groups is 1. The molecule has 0 saturated carbocycles. The van der Waals surface area contributed by atoms with Crippen LogP contribution in [0.25, 0.3) is 0 Å². The number of piperidine rings is 2. The summed E-state index contributed by atoms with van der Waals surface area (Å²) < 4.78 is 45.6. The summed E-state index contributed by atoms with van der Waals surface area (Å²) in [7, 11) is -4.23. The third kappa shape index (κ3) is 4.63. The van der Waals surface area contributed by atoms with Crippen molar-refractivity contribution < 1.29 is 31.7 Å². The number of fused-ring (bicyclic) bond motifs is 1. The fourth-order valence-corrected chi connectivity index (χ4v) is 5.57. The van der Waals surface area contributed by atoms with Crippen LogP contribution < -0.4 is 5.32 Å². The predicted molar refractivity (Wildman–Crippen MR) is 107 cm³/mol. The summed E-state index contributed by atoms with van der Waals surface area (Å²) in [6.45, 7) is 1.14. The molecule has 0 aliphatic carbocycles. The molecule has 0 bridgehead atoms. The van der Waals surface area contributed by atoms with Gasteiger partial charge in [-0.05, 0) is 36.6 Å². The van der Waals surface area contributed by atoms with Gasteiger partial charge in [-0.25, -0.2) is 4.39 Å². The molecule has 3 unspecified atom stereocenters. The highest BCUT2D eigenvalue weighted by Gasteiger charge is 2.40. The van der Waals surface area contributed by atoms with Gasteiger partial charge in [-0.15, -0.1) is 0 Å². The number of nitrogens with one attached hydrogen (secondary N) is 1. The Labute approximate surface area is 179 Å². The third-order valence-corrected chi connectivity index (χ3v) is 7.11. The Balaban J connectivity index is 1.46. The number of likely N-dealkylation sites (tertiary alicyclic amines) is 1. The SMILES string of the molecule is O=C1CCC(N2Cc3c(CN4CCC(CS(=O)(=O)O)C(F)C4)cccc3C2=O)C(=O)N1. The van der Waals surface area contributed by atoms with E-state index in [1.165, 1.54) is 4.90 Å². The summed E-state index contributed by atoms with van der Waals surface area (Å²) in [4.78, 5) is 39.9. The lowest BCUT2D eigenvalue weighted by Gasteiger charge is -2.34. The Morgan fingerprint density at radius 1 is 1.19 bits per heavy atom. The van der Waals surface area contributed by atoms with Gasteiger partial charge in [0.15, 0.2) is 0 Å². The summed E-state index contributed by atoms with van der Waals surface area (Å²) in [6.07, 6.45) is -0.615. The van der Waals surface area contributed by atoms with Crippen LogP contribution in [0.3, 0.4) is 0 Å². The van der Waals surface area contributed by atoms with Gasteiger partial charge in [-0.2, -0.15) is 8.42 Å². The monoisotopic (exact) mass is 453 g/mol. The highest BCUT2D eigenvalue weighted by molar-refractivity contribution is 7.85. The van der Waals surface area contributed by atoms with Gasteiger partial charge in [-0.1, -0.05) is 12.1 Å². The molecule has 3 heterocycles. The first kappa shape index (κ1) is 21.8. The van der Waals surface area contributed by atoms with Crippen molar-refractivity contribution >= 4 is 27.8 Å². The first-order chi connectivity index (χ1) is 14.6. The fraction of sp³-hybridized carbons (Fsp3) is 0.550. The molecule has 1 aromatic carbocycles. The molecule has 3 atom stereocenters. The Morgan fingerprint density at radius 2 is 1.97 bits per heavy atom. The van der Waals surface area contributed by atoms with E-state index in [1.807, 2.05) is 11.0 Å². The summed E-state index contributed by atoms with van der Waals surface area (Å²) in [5.74, 6) is -2.40. The van der Waals surface area contributed by atoms with Crippen molar-refractivity contribution in [3.63, 3.8) is 0 Å². The Bertz CT molecular complexity index is 1030. The van der Waals surface area contributed by atoms with Crippen molar-refractivity contribution in [2.45, 2.75) is 44.6 Å². The number of benzene rings is 1. The summed E-state index contributed by atoms with van der Waals surface area (Å²) in [5, 5.41) is 2.28. The van der Waals surface area contributed by atoms with Crippen LogP contribution in [0.15, 0.2) is 18.2 Å². The highest BCUT2D eigenvalue weighted by Crippen LogP contribution is 2.31. The molecule has 0 spiro atoms. The van der Waals surface area contributed by atoms with Gasteiger partial charge in [0.2, 0.25) is 11.8 Å². The molecule has 0 radical (unpaired) electrons. The molecule has 3 amide bonds. The summed E-state index contributed by atoms with van der Waals surface area (Å²) >= 11 is 0. The number of hydrogen-bond acceptors (Lipinski definition) is 6. The molecule has 9 nitrogen and oxygen atoms in total. The molecule has 1 aromatic rings. The predicted octanol–water partition coefficient (Wildman–Crippen LogP) is 0.495. The molecule has 11 heteroatoms. The number of alkyl halides is 1. The number of hydrogen-bond donors (Lipinski definition) is 2. The lowest BCUT2D eigenvalue weighted by Crippen LogP contribution is -2.52. The van der Waals surface area contributed by atoms with Crippen LogP contribution in [0.5, 0.6) is 0 Å². The van der Waals surface area contributed by atoms with Gasteiger partial charge >= 0.3 is 0 Å². The average molecular weight is 453 g/mol. The van der Waals surface area contributed by atoms with Gasteiger partial charge < -0.3 is 4.90 Å². The Morgan fingerprint density at radius 3 is 2.65 bits per heavy atom. The fourth-order valence-electron chi connectivity index (χ4n) is 4.66. The molecule has 2 N–H and O–H groups in total. The van der Waals surface area contributed by atoms with E-state index in [0.29, 0.717) is 25.1 Å². The lowest BCUT2D eigenvalue weighted by atomic mass is 9.95. The minimum Gasteiger partial charge on any atom is -0.322 e. The zero-order valence-electron chi connectivity index (χ0n) is 16.8. The third-order valence-electron chi connectivity index (χ3n) is 6.26. The lowest BCUT2D eigenvalue weighted by molar-refractivity contribution is -0.136. The zero-order valence-corrected chi connectivity index (χ0v) is 17.6. The maximum Gasteiger partial charge on any atom is 0.265 e. The van der Waals surface area contributed by atoms with E-state index in [-0.39, 0.29) is 37.7 Å². The van der Waals surface area contributed by atoms with Gasteiger partial charge in [-0.3, -0.25) is 29.2 Å². The molecule has 4 rings (SSSR count). The standard InChI is InChI=1S/C20H24FN3O6S/c21-16-10-23(7-6-13(16)11-31(28,29)30)8-12-2-1-3-14-15(12)9-24(20(14)27)17-4-5-18(25)22-19(17)26/h1-3,13,16-17H,4-11H2,(H,22,25,26)(H,28,29,30). The highest BCUT2D eigenvalue weighted by atomic mass is 32.2. The van der Waals surface area contributed by atoms with Crippen LogP contribution in [0.4, 0.5) is 4.39 Å². The number of carbonyl (C=O) groups excluding carboxylic acids is 3. The molecule has 2 saturated heterocycles. The topological polar surface area (TPSA) is 124 Å². The molecule has 2 fully saturated rings. The Kier molecular flexibility index (Phi) is 5.84. The van der Waals surface area contributed by atoms with Crippen LogP contribution >= 0.6 is 0 Å². The van der Waals surface area contributed by atoms with Crippen LogP contribution in [0, 0.1) is 5.92 Å². The van der Waals surface area contributed by atoms with Crippen molar-refractivity contribution in [2.24, 2.45) is 5.92 Å². The molecular formula is C20H24FN3O6S.